The zero-order valence-corrected chi connectivity index (χ0v) is 18.6. The minimum absolute atomic E-state index is 0.0214. The first-order chi connectivity index (χ1) is 15.6. The molecule has 32 heavy (non-hydrogen) atoms. The molecule has 0 saturated carbocycles. The van der Waals surface area contributed by atoms with Gasteiger partial charge in [0.1, 0.15) is 23.1 Å². The molecule has 1 N–H and O–H groups in total. The Labute approximate surface area is 190 Å². The van der Waals surface area contributed by atoms with Crippen LogP contribution in [0.4, 0.5) is 4.39 Å². The number of carbonyl (C=O) groups excluding carboxylic acids is 1. The number of aromatic nitrogens is 3. The number of amides is 1. The number of benzene rings is 2. The van der Waals surface area contributed by atoms with E-state index in [1.165, 1.54) is 23.9 Å². The van der Waals surface area contributed by atoms with Crippen molar-refractivity contribution in [3.05, 3.63) is 78.4 Å². The fraction of sp³-hybridized carbons (Fsp3) is 0.261. The molecule has 2 aromatic carbocycles. The third-order valence-corrected chi connectivity index (χ3v) is 5.43. The van der Waals surface area contributed by atoms with E-state index in [9.17, 15) is 9.18 Å². The van der Waals surface area contributed by atoms with Gasteiger partial charge in [-0.3, -0.25) is 4.79 Å². The van der Waals surface area contributed by atoms with Crippen LogP contribution < -0.4 is 14.8 Å². The van der Waals surface area contributed by atoms with Crippen LogP contribution in [0.3, 0.4) is 0 Å². The number of halogens is 1. The first kappa shape index (κ1) is 23.3. The third kappa shape index (κ3) is 6.34. The lowest BCUT2D eigenvalue weighted by Crippen LogP contribution is -2.27. The Kier molecular flexibility index (Phi) is 8.68. The van der Waals surface area contributed by atoms with Crippen LogP contribution in [-0.4, -0.2) is 46.7 Å². The van der Waals surface area contributed by atoms with Gasteiger partial charge in [-0.1, -0.05) is 30.0 Å². The summed E-state index contributed by atoms with van der Waals surface area (Å²) >= 11 is 1.53. The molecule has 0 bridgehead atoms. The maximum atomic E-state index is 13.7. The van der Waals surface area contributed by atoms with Crippen molar-refractivity contribution in [2.24, 2.45) is 0 Å². The Balaban J connectivity index is 1.50. The van der Waals surface area contributed by atoms with E-state index < -0.39 is 11.7 Å². The number of allylic oxidation sites excluding steroid dienone is 1. The molecule has 0 radical (unpaired) electrons. The summed E-state index contributed by atoms with van der Waals surface area (Å²) in [6.45, 7) is 5.16. The molecule has 0 aliphatic heterocycles. The number of hydrogen-bond acceptors (Lipinski definition) is 6. The number of ether oxygens (including phenoxy) is 2. The highest BCUT2D eigenvalue weighted by Crippen LogP contribution is 2.20. The van der Waals surface area contributed by atoms with Crippen molar-refractivity contribution >= 4 is 17.7 Å². The maximum absolute atomic E-state index is 13.7. The maximum Gasteiger partial charge on any atom is 0.254 e. The standard InChI is InChI=1S/C23H25FN4O3S/c1-3-14-28-21(12-13-25-22(29)19-6-4-5-7-20(19)24)26-27-23(28)32-16-15-31-18-10-8-17(30-2)9-11-18/h3-11H,1,12-16H2,2H3,(H,25,29). The molecule has 1 aromatic heterocycles. The molecular formula is C23H25FN4O3S. The second kappa shape index (κ2) is 11.9. The molecule has 0 spiro atoms. The molecule has 168 valence electrons. The van der Waals surface area contributed by atoms with Crippen molar-refractivity contribution in [1.29, 1.82) is 0 Å². The Morgan fingerprint density at radius 2 is 1.94 bits per heavy atom. The van der Waals surface area contributed by atoms with Crippen molar-refractivity contribution < 1.29 is 18.7 Å². The quantitative estimate of drug-likeness (QED) is 0.254. The molecule has 3 aromatic rings. The smallest absolute Gasteiger partial charge is 0.254 e. The van der Waals surface area contributed by atoms with Gasteiger partial charge in [0, 0.05) is 25.3 Å². The summed E-state index contributed by atoms with van der Waals surface area (Å²) in [5.74, 6) is 1.95. The van der Waals surface area contributed by atoms with Crippen molar-refractivity contribution in [2.45, 2.75) is 18.1 Å². The minimum atomic E-state index is -0.546. The SMILES string of the molecule is C=CCn1c(CCNC(=O)c2ccccc2F)nnc1SCCOc1ccc(OC)cc1. The number of thioether (sulfide) groups is 1. The Hall–Kier alpha value is -3.33. The molecule has 1 amide bonds. The first-order valence-corrected chi connectivity index (χ1v) is 11.1. The van der Waals surface area contributed by atoms with Crippen LogP contribution in [0.15, 0.2) is 66.3 Å². The lowest BCUT2D eigenvalue weighted by atomic mass is 10.2. The van der Waals surface area contributed by atoms with Gasteiger partial charge in [-0.05, 0) is 36.4 Å². The topological polar surface area (TPSA) is 78.3 Å². The van der Waals surface area contributed by atoms with Crippen LogP contribution in [0.1, 0.15) is 16.2 Å². The average molecular weight is 457 g/mol. The molecule has 7 nitrogen and oxygen atoms in total. The fourth-order valence-corrected chi connectivity index (χ4v) is 3.70. The highest BCUT2D eigenvalue weighted by molar-refractivity contribution is 7.99. The lowest BCUT2D eigenvalue weighted by Gasteiger charge is -2.09. The number of nitrogens with zero attached hydrogens (tertiary/aromatic N) is 3. The van der Waals surface area contributed by atoms with Gasteiger partial charge >= 0.3 is 0 Å². The molecule has 1 heterocycles. The van der Waals surface area contributed by atoms with Crippen LogP contribution in [0, 0.1) is 5.82 Å². The predicted molar refractivity (Wildman–Crippen MR) is 122 cm³/mol. The van der Waals surface area contributed by atoms with Crippen molar-refractivity contribution in [3.8, 4) is 11.5 Å². The molecule has 0 saturated heterocycles. The van der Waals surface area contributed by atoms with Crippen molar-refractivity contribution in [3.63, 3.8) is 0 Å². The molecule has 9 heteroatoms. The van der Waals surface area contributed by atoms with E-state index in [0.29, 0.717) is 31.9 Å². The second-order valence-corrected chi connectivity index (χ2v) is 7.72. The largest absolute Gasteiger partial charge is 0.497 e. The predicted octanol–water partition coefficient (Wildman–Crippen LogP) is 3.76. The van der Waals surface area contributed by atoms with Crippen molar-refractivity contribution in [1.82, 2.24) is 20.1 Å². The van der Waals surface area contributed by atoms with E-state index in [2.05, 4.69) is 22.1 Å². The number of carbonyl (C=O) groups is 1. The summed E-state index contributed by atoms with van der Waals surface area (Å²) in [4.78, 5) is 12.2. The van der Waals surface area contributed by atoms with E-state index in [1.54, 1.807) is 25.3 Å². The third-order valence-electron chi connectivity index (χ3n) is 4.50. The molecular weight excluding hydrogens is 431 g/mol. The zero-order valence-electron chi connectivity index (χ0n) is 17.8. The van der Waals surface area contributed by atoms with E-state index >= 15 is 0 Å². The summed E-state index contributed by atoms with van der Waals surface area (Å²) in [5, 5.41) is 12.0. The molecule has 0 unspecified atom stereocenters. The second-order valence-electron chi connectivity index (χ2n) is 6.66. The summed E-state index contributed by atoms with van der Waals surface area (Å²) < 4.78 is 26.6. The van der Waals surface area contributed by atoms with Crippen LogP contribution >= 0.6 is 11.8 Å². The molecule has 0 atom stereocenters. The molecule has 0 aliphatic carbocycles. The number of methoxy groups -OCH3 is 1. The van der Waals surface area contributed by atoms with E-state index in [-0.39, 0.29) is 5.56 Å². The summed E-state index contributed by atoms with van der Waals surface area (Å²) in [7, 11) is 1.62. The Bertz CT molecular complexity index is 1040. The van der Waals surface area contributed by atoms with Gasteiger partial charge in [-0.2, -0.15) is 0 Å². The Morgan fingerprint density at radius 1 is 1.19 bits per heavy atom. The average Bonchev–Trinajstić information content (AvgIpc) is 3.19. The summed E-state index contributed by atoms with van der Waals surface area (Å²) in [6.07, 6.45) is 2.23. The monoisotopic (exact) mass is 456 g/mol. The van der Waals surface area contributed by atoms with Gasteiger partial charge < -0.3 is 19.4 Å². The van der Waals surface area contributed by atoms with Gasteiger partial charge in [0.15, 0.2) is 5.16 Å². The fourth-order valence-electron chi connectivity index (χ4n) is 2.92. The van der Waals surface area contributed by atoms with Gasteiger partial charge in [0.05, 0.1) is 19.3 Å². The molecule has 0 fully saturated rings. The van der Waals surface area contributed by atoms with Crippen molar-refractivity contribution in [2.75, 3.05) is 26.0 Å². The van der Waals surface area contributed by atoms with Gasteiger partial charge in [-0.15, -0.1) is 16.8 Å². The number of hydrogen-bond donors (Lipinski definition) is 1. The van der Waals surface area contributed by atoms with E-state index in [1.807, 2.05) is 28.8 Å². The van der Waals surface area contributed by atoms with Crippen LogP contribution in [-0.2, 0) is 13.0 Å². The Morgan fingerprint density at radius 3 is 2.66 bits per heavy atom. The van der Waals surface area contributed by atoms with E-state index in [4.69, 9.17) is 9.47 Å². The minimum Gasteiger partial charge on any atom is -0.497 e. The van der Waals surface area contributed by atoms with E-state index in [0.717, 1.165) is 22.5 Å². The normalized spacial score (nSPS) is 10.6. The van der Waals surface area contributed by atoms with Crippen LogP contribution in [0.5, 0.6) is 11.5 Å². The summed E-state index contributed by atoms with van der Waals surface area (Å²) in [5.41, 5.74) is 0.0214. The summed E-state index contributed by atoms with van der Waals surface area (Å²) in [6, 6.07) is 13.3. The molecule has 3 rings (SSSR count). The number of nitrogens with one attached hydrogen (secondary N) is 1. The zero-order chi connectivity index (χ0) is 22.8. The first-order valence-electron chi connectivity index (χ1n) is 10.1. The van der Waals surface area contributed by atoms with Gasteiger partial charge in [-0.25, -0.2) is 4.39 Å². The van der Waals surface area contributed by atoms with Gasteiger partial charge in [0.25, 0.3) is 5.91 Å². The highest BCUT2D eigenvalue weighted by Gasteiger charge is 2.14. The lowest BCUT2D eigenvalue weighted by molar-refractivity contribution is 0.0950. The number of rotatable bonds is 12. The molecule has 0 aliphatic rings. The highest BCUT2D eigenvalue weighted by atomic mass is 32.2. The van der Waals surface area contributed by atoms with Gasteiger partial charge in [0.2, 0.25) is 0 Å². The van der Waals surface area contributed by atoms with Crippen LogP contribution in [0.2, 0.25) is 0 Å². The van der Waals surface area contributed by atoms with Crippen LogP contribution in [0.25, 0.3) is 0 Å².